The van der Waals surface area contributed by atoms with Crippen LogP contribution in [0.5, 0.6) is 5.75 Å². The number of pyridine rings is 1. The summed E-state index contributed by atoms with van der Waals surface area (Å²) in [4.78, 5) is 8.46. The number of alkyl halides is 1. The molecular formula is C22H22FN5O. The van der Waals surface area contributed by atoms with Crippen molar-refractivity contribution in [3.8, 4) is 17.0 Å². The maximum Gasteiger partial charge on any atom is 0.177 e. The summed E-state index contributed by atoms with van der Waals surface area (Å²) in [6.45, 7) is 6.24. The van der Waals surface area contributed by atoms with Crippen molar-refractivity contribution >= 4 is 16.3 Å². The number of phenols is 1. The molecule has 3 aromatic rings. The van der Waals surface area contributed by atoms with Crippen LogP contribution in [0.4, 0.5) is 4.39 Å². The fourth-order valence-electron chi connectivity index (χ4n) is 4.70. The Morgan fingerprint density at radius 1 is 1.28 bits per heavy atom. The zero-order valence-corrected chi connectivity index (χ0v) is 16.1. The topological polar surface area (TPSA) is 83.8 Å². The van der Waals surface area contributed by atoms with E-state index in [2.05, 4.69) is 39.0 Å². The van der Waals surface area contributed by atoms with Crippen molar-refractivity contribution in [2.75, 3.05) is 0 Å². The summed E-state index contributed by atoms with van der Waals surface area (Å²) in [5, 5.41) is 24.0. The molecule has 29 heavy (non-hydrogen) atoms. The first-order chi connectivity index (χ1) is 13.9. The Morgan fingerprint density at radius 3 is 2.93 bits per heavy atom. The summed E-state index contributed by atoms with van der Waals surface area (Å²) >= 11 is 0. The largest absolute Gasteiger partial charge is 0.507 e. The number of fused-ring (bicyclic) bond motifs is 3. The second kappa shape index (κ2) is 6.56. The number of aromatic nitrogens is 4. The Balaban J connectivity index is 1.43. The minimum Gasteiger partial charge on any atom is -0.507 e. The molecule has 0 spiro atoms. The molecule has 2 saturated heterocycles. The lowest BCUT2D eigenvalue weighted by Gasteiger charge is -2.39. The molecule has 2 aromatic heterocycles. The van der Waals surface area contributed by atoms with Gasteiger partial charge in [0.05, 0.1) is 6.20 Å². The van der Waals surface area contributed by atoms with Crippen molar-refractivity contribution < 1.29 is 9.50 Å². The lowest BCUT2D eigenvalue weighted by atomic mass is 9.79. The van der Waals surface area contributed by atoms with Gasteiger partial charge in [-0.05, 0) is 55.3 Å². The minimum atomic E-state index is -1.00. The summed E-state index contributed by atoms with van der Waals surface area (Å²) in [5.41, 5.74) is 1.52. The van der Waals surface area contributed by atoms with Crippen molar-refractivity contribution in [2.24, 2.45) is 5.92 Å². The molecular weight excluding hydrogens is 369 g/mol. The molecule has 2 bridgehead atoms. The van der Waals surface area contributed by atoms with E-state index in [1.54, 1.807) is 24.7 Å². The molecule has 0 radical (unpaired) electrons. The zero-order chi connectivity index (χ0) is 20.2. The first kappa shape index (κ1) is 18.1. The van der Waals surface area contributed by atoms with Gasteiger partial charge in [0.1, 0.15) is 17.6 Å². The van der Waals surface area contributed by atoms with E-state index in [0.717, 1.165) is 23.6 Å². The Hall–Kier alpha value is -2.93. The van der Waals surface area contributed by atoms with Crippen LogP contribution in [0.2, 0.25) is 0 Å². The number of piperidine rings is 1. The number of nitrogens with zero attached hydrogens (tertiary/aromatic N) is 4. The fourth-order valence-corrected chi connectivity index (χ4v) is 4.70. The lowest BCUT2D eigenvalue weighted by molar-refractivity contribution is 0.135. The van der Waals surface area contributed by atoms with Crippen LogP contribution in [0.25, 0.3) is 27.6 Å². The third-order valence-electron chi connectivity index (χ3n) is 6.31. The third kappa shape index (κ3) is 3.06. The molecule has 2 aliphatic heterocycles. The Labute approximate surface area is 167 Å². The average molecular weight is 391 g/mol. The van der Waals surface area contributed by atoms with Crippen LogP contribution in [-0.2, 0) is 0 Å². The summed E-state index contributed by atoms with van der Waals surface area (Å²) in [6.07, 6.45) is 6.43. The fraction of sp³-hybridized carbons (Fsp3) is 0.364. The molecule has 0 amide bonds. The molecule has 4 atom stereocenters. The molecule has 2 N–H and O–H groups in total. The Kier molecular flexibility index (Phi) is 4.10. The van der Waals surface area contributed by atoms with Gasteiger partial charge in [-0.2, -0.15) is 0 Å². The lowest BCUT2D eigenvalue weighted by Crippen LogP contribution is -2.53. The molecule has 6 nitrogen and oxygen atoms in total. The number of nitrogens with one attached hydrogen (secondary N) is 1. The van der Waals surface area contributed by atoms with Gasteiger partial charge in [0.15, 0.2) is 5.82 Å². The van der Waals surface area contributed by atoms with E-state index >= 15 is 0 Å². The van der Waals surface area contributed by atoms with E-state index in [1.165, 1.54) is 0 Å². The monoisotopic (exact) mass is 391 g/mol. The van der Waals surface area contributed by atoms with Crippen LogP contribution < -0.4 is 5.32 Å². The molecule has 7 heteroatoms. The molecule has 5 rings (SSSR count). The standard InChI is InChI=1S/C22H22FN5O/c1-12(16-9-22(2)5-3-17(26-22)20(16)23)21-25-11-18(27-28-21)15-7-13-4-6-24-10-14(13)8-19(15)29/h4,6-8,10-11,16-17,20,26,29H,1,3,5,9H2,2H3/t16-,17-,20+,22+/m1/s1. The molecule has 0 saturated carbocycles. The molecule has 0 aliphatic carbocycles. The Morgan fingerprint density at radius 2 is 2.14 bits per heavy atom. The molecule has 0 unspecified atom stereocenters. The number of rotatable bonds is 3. The van der Waals surface area contributed by atoms with Gasteiger partial charge in [-0.15, -0.1) is 10.2 Å². The van der Waals surface area contributed by atoms with Crippen LogP contribution in [0.15, 0.2) is 43.4 Å². The number of hydrogen-bond acceptors (Lipinski definition) is 6. The van der Waals surface area contributed by atoms with Crippen molar-refractivity contribution in [3.63, 3.8) is 0 Å². The zero-order valence-electron chi connectivity index (χ0n) is 16.1. The molecule has 2 fully saturated rings. The molecule has 2 aliphatic rings. The van der Waals surface area contributed by atoms with E-state index < -0.39 is 6.17 Å². The van der Waals surface area contributed by atoms with E-state index in [-0.39, 0.29) is 23.2 Å². The number of allylic oxidation sites excluding steroid dienone is 1. The smallest absolute Gasteiger partial charge is 0.177 e. The van der Waals surface area contributed by atoms with Crippen LogP contribution >= 0.6 is 0 Å². The van der Waals surface area contributed by atoms with E-state index in [1.807, 2.05) is 12.1 Å². The summed E-state index contributed by atoms with van der Waals surface area (Å²) in [6, 6.07) is 5.20. The minimum absolute atomic E-state index is 0.0556. The second-order valence-electron chi connectivity index (χ2n) is 8.39. The van der Waals surface area contributed by atoms with E-state index in [0.29, 0.717) is 29.1 Å². The predicted molar refractivity (Wildman–Crippen MR) is 109 cm³/mol. The SMILES string of the molecule is C=C(c1ncc(-c2cc3ccncc3cc2O)nn1)[C@H]1C[C@]2(C)CC[C@@H](N2)[C@H]1F. The highest BCUT2D eigenvalue weighted by molar-refractivity contribution is 5.89. The highest BCUT2D eigenvalue weighted by atomic mass is 19.1. The quantitative estimate of drug-likeness (QED) is 0.709. The first-order valence-electron chi connectivity index (χ1n) is 9.81. The van der Waals surface area contributed by atoms with E-state index in [9.17, 15) is 9.50 Å². The Bertz CT molecular complexity index is 1100. The van der Waals surface area contributed by atoms with Crippen molar-refractivity contribution in [2.45, 2.75) is 43.9 Å². The summed E-state index contributed by atoms with van der Waals surface area (Å²) in [5.74, 6) is 0.124. The first-order valence-corrected chi connectivity index (χ1v) is 9.81. The number of hydrogen-bond donors (Lipinski definition) is 2. The molecule has 4 heterocycles. The third-order valence-corrected chi connectivity index (χ3v) is 6.31. The maximum absolute atomic E-state index is 15.0. The normalized spacial score (nSPS) is 28.6. The van der Waals surface area contributed by atoms with Crippen molar-refractivity contribution in [1.29, 1.82) is 0 Å². The van der Waals surface area contributed by atoms with Gasteiger partial charge in [-0.1, -0.05) is 6.58 Å². The average Bonchev–Trinajstić information content (AvgIpc) is 3.07. The number of aromatic hydroxyl groups is 1. The van der Waals surface area contributed by atoms with Crippen LogP contribution in [-0.4, -0.2) is 43.0 Å². The summed E-state index contributed by atoms with van der Waals surface area (Å²) in [7, 11) is 0. The highest BCUT2D eigenvalue weighted by Crippen LogP contribution is 2.44. The van der Waals surface area contributed by atoms with Gasteiger partial charge in [0.2, 0.25) is 0 Å². The summed E-state index contributed by atoms with van der Waals surface area (Å²) < 4.78 is 15.0. The predicted octanol–water partition coefficient (Wildman–Crippen LogP) is 3.67. The van der Waals surface area contributed by atoms with Gasteiger partial charge in [-0.25, -0.2) is 9.37 Å². The number of phenolic OH excluding ortho intramolecular Hbond substituents is 1. The van der Waals surface area contributed by atoms with E-state index in [4.69, 9.17) is 0 Å². The van der Waals surface area contributed by atoms with Gasteiger partial charge >= 0.3 is 0 Å². The highest BCUT2D eigenvalue weighted by Gasteiger charge is 2.49. The van der Waals surface area contributed by atoms with Gasteiger partial charge in [0.25, 0.3) is 0 Å². The molecule has 1 aromatic carbocycles. The second-order valence-corrected chi connectivity index (χ2v) is 8.39. The number of halogens is 1. The van der Waals surface area contributed by atoms with Crippen molar-refractivity contribution in [1.82, 2.24) is 25.5 Å². The van der Waals surface area contributed by atoms with Crippen LogP contribution in [0, 0.1) is 5.92 Å². The van der Waals surface area contributed by atoms with Crippen LogP contribution in [0.3, 0.4) is 0 Å². The van der Waals surface area contributed by atoms with Crippen LogP contribution in [0.1, 0.15) is 32.0 Å². The van der Waals surface area contributed by atoms with Gasteiger partial charge in [0, 0.05) is 40.8 Å². The number of benzene rings is 1. The van der Waals surface area contributed by atoms with Gasteiger partial charge < -0.3 is 10.4 Å². The van der Waals surface area contributed by atoms with Crippen molar-refractivity contribution in [3.05, 3.63) is 49.2 Å². The van der Waals surface area contributed by atoms with Gasteiger partial charge in [-0.3, -0.25) is 4.98 Å². The maximum atomic E-state index is 15.0. The molecule has 148 valence electrons.